The molecule has 0 radical (unpaired) electrons. The Morgan fingerprint density at radius 2 is 1.87 bits per heavy atom. The number of pyridine rings is 1. The summed E-state index contributed by atoms with van der Waals surface area (Å²) in [6, 6.07) is 9.69. The largest absolute Gasteiger partial charge is 0.449 e. The number of nitriles is 1. The van der Waals surface area contributed by atoms with E-state index in [4.69, 9.17) is 9.72 Å². The van der Waals surface area contributed by atoms with Crippen molar-refractivity contribution in [1.82, 2.24) is 10.3 Å². The number of rotatable bonds is 5. The molecule has 0 aliphatic heterocycles. The zero-order valence-corrected chi connectivity index (χ0v) is 18.1. The maximum atomic E-state index is 13.2. The Morgan fingerprint density at radius 1 is 1.17 bits per heavy atom. The van der Waals surface area contributed by atoms with E-state index >= 15 is 0 Å². The predicted molar refractivity (Wildman–Crippen MR) is 115 cm³/mol. The molecule has 0 unspecified atom stereocenters. The van der Waals surface area contributed by atoms with E-state index < -0.39 is 23.5 Å². The summed E-state index contributed by atoms with van der Waals surface area (Å²) in [4.78, 5) is 30.7. The average molecular weight is 408 g/mol. The standard InChI is InChI=1S/C24H29N3O3/c1-15(2)24(4,14-25)27-22(28)16(3)30-23(29)21-17-10-6-5-7-12-19(17)26-20-13-9-8-11-18(20)21/h8-9,11,13,15-16H,5-7,10,12H2,1-4H3,(H,27,28)/t16-,24-/m0/s1. The molecule has 158 valence electrons. The van der Waals surface area contributed by atoms with E-state index in [-0.39, 0.29) is 5.92 Å². The lowest BCUT2D eigenvalue weighted by Gasteiger charge is -2.28. The van der Waals surface area contributed by atoms with Crippen LogP contribution in [0.1, 0.15) is 68.6 Å². The van der Waals surface area contributed by atoms with E-state index in [2.05, 4.69) is 11.4 Å². The molecule has 0 fully saturated rings. The van der Waals surface area contributed by atoms with Gasteiger partial charge in [-0.2, -0.15) is 5.26 Å². The van der Waals surface area contributed by atoms with Crippen LogP contribution in [0.2, 0.25) is 0 Å². The highest BCUT2D eigenvalue weighted by molar-refractivity contribution is 6.05. The van der Waals surface area contributed by atoms with E-state index in [0.717, 1.165) is 54.3 Å². The molecule has 6 nitrogen and oxygen atoms in total. The summed E-state index contributed by atoms with van der Waals surface area (Å²) in [6.45, 7) is 6.92. The Labute approximate surface area is 177 Å². The molecule has 1 amide bonds. The third-order valence-electron chi connectivity index (χ3n) is 6.05. The second kappa shape index (κ2) is 8.83. The van der Waals surface area contributed by atoms with Crippen molar-refractivity contribution in [3.05, 3.63) is 41.1 Å². The lowest BCUT2D eigenvalue weighted by Crippen LogP contribution is -2.52. The molecule has 2 atom stereocenters. The van der Waals surface area contributed by atoms with Gasteiger partial charge in [-0.25, -0.2) is 4.79 Å². The van der Waals surface area contributed by atoms with Crippen LogP contribution in [0.4, 0.5) is 0 Å². The van der Waals surface area contributed by atoms with Gasteiger partial charge in [0.2, 0.25) is 0 Å². The number of amides is 1. The van der Waals surface area contributed by atoms with Gasteiger partial charge in [-0.1, -0.05) is 38.5 Å². The SMILES string of the molecule is CC(C)[C@](C)(C#N)NC(=O)[C@H](C)OC(=O)c1c2c(nc3ccccc13)CCCCC2. The average Bonchev–Trinajstić information content (AvgIpc) is 2.96. The van der Waals surface area contributed by atoms with Crippen molar-refractivity contribution in [1.29, 1.82) is 5.26 Å². The van der Waals surface area contributed by atoms with Gasteiger partial charge in [-0.15, -0.1) is 0 Å². The minimum Gasteiger partial charge on any atom is -0.449 e. The number of carbonyl (C=O) groups excluding carboxylic acids is 2. The monoisotopic (exact) mass is 407 g/mol. The van der Waals surface area contributed by atoms with Crippen molar-refractivity contribution in [3.8, 4) is 6.07 Å². The first-order chi connectivity index (χ1) is 14.3. The van der Waals surface area contributed by atoms with Crippen LogP contribution < -0.4 is 5.32 Å². The highest BCUT2D eigenvalue weighted by atomic mass is 16.5. The molecule has 1 N–H and O–H groups in total. The number of nitrogens with one attached hydrogen (secondary N) is 1. The van der Waals surface area contributed by atoms with Gasteiger partial charge in [0.05, 0.1) is 17.1 Å². The summed E-state index contributed by atoms with van der Waals surface area (Å²) in [7, 11) is 0. The zero-order valence-electron chi connectivity index (χ0n) is 18.1. The molecule has 1 aromatic carbocycles. The first-order valence-electron chi connectivity index (χ1n) is 10.6. The first kappa shape index (κ1) is 21.8. The van der Waals surface area contributed by atoms with E-state index in [9.17, 15) is 14.9 Å². The number of aryl methyl sites for hydroxylation is 1. The maximum absolute atomic E-state index is 13.2. The number of carbonyl (C=O) groups is 2. The lowest BCUT2D eigenvalue weighted by atomic mass is 9.90. The van der Waals surface area contributed by atoms with Crippen LogP contribution in [-0.4, -0.2) is 28.5 Å². The molecule has 30 heavy (non-hydrogen) atoms. The highest BCUT2D eigenvalue weighted by Gasteiger charge is 2.33. The predicted octanol–water partition coefficient (Wildman–Crippen LogP) is 4.10. The summed E-state index contributed by atoms with van der Waals surface area (Å²) in [6.07, 6.45) is 3.74. The summed E-state index contributed by atoms with van der Waals surface area (Å²) in [5.41, 5.74) is 2.14. The van der Waals surface area contributed by atoms with Gasteiger partial charge in [0, 0.05) is 11.1 Å². The topological polar surface area (TPSA) is 92.1 Å². The van der Waals surface area contributed by atoms with Gasteiger partial charge in [0.1, 0.15) is 5.54 Å². The molecule has 0 spiro atoms. The van der Waals surface area contributed by atoms with Crippen molar-refractivity contribution in [2.75, 3.05) is 0 Å². The fourth-order valence-corrected chi connectivity index (χ4v) is 3.71. The molecule has 1 aliphatic rings. The van der Waals surface area contributed by atoms with Gasteiger partial charge < -0.3 is 10.1 Å². The summed E-state index contributed by atoms with van der Waals surface area (Å²) < 4.78 is 5.60. The smallest absolute Gasteiger partial charge is 0.339 e. The van der Waals surface area contributed by atoms with Gasteiger partial charge in [-0.3, -0.25) is 9.78 Å². The van der Waals surface area contributed by atoms with Gasteiger partial charge in [0.25, 0.3) is 5.91 Å². The third kappa shape index (κ3) is 4.30. The van der Waals surface area contributed by atoms with Crippen molar-refractivity contribution in [2.45, 2.75) is 71.4 Å². The van der Waals surface area contributed by atoms with Crippen LogP contribution >= 0.6 is 0 Å². The molecular weight excluding hydrogens is 378 g/mol. The van der Waals surface area contributed by atoms with Crippen LogP contribution in [-0.2, 0) is 22.4 Å². The number of ether oxygens (including phenoxy) is 1. The molecule has 1 aromatic heterocycles. The Kier molecular flexibility index (Phi) is 6.40. The molecule has 1 aliphatic carbocycles. The number of hydrogen-bond donors (Lipinski definition) is 1. The lowest BCUT2D eigenvalue weighted by molar-refractivity contribution is -0.130. The Bertz CT molecular complexity index is 1010. The van der Waals surface area contributed by atoms with Crippen molar-refractivity contribution < 1.29 is 14.3 Å². The van der Waals surface area contributed by atoms with Crippen molar-refractivity contribution in [3.63, 3.8) is 0 Å². The number of benzene rings is 1. The number of aromatic nitrogens is 1. The van der Waals surface area contributed by atoms with Crippen molar-refractivity contribution in [2.24, 2.45) is 5.92 Å². The van der Waals surface area contributed by atoms with Crippen LogP contribution in [0.5, 0.6) is 0 Å². The van der Waals surface area contributed by atoms with Crippen LogP contribution in [0.25, 0.3) is 10.9 Å². The number of para-hydroxylation sites is 1. The minimum atomic E-state index is -1.03. The molecule has 0 saturated heterocycles. The van der Waals surface area contributed by atoms with Gasteiger partial charge in [-0.05, 0) is 57.1 Å². The Balaban J connectivity index is 1.91. The fraction of sp³-hybridized carbons (Fsp3) is 0.500. The number of esters is 1. The summed E-state index contributed by atoms with van der Waals surface area (Å²) in [5, 5.41) is 12.9. The molecule has 2 aromatic rings. The fourth-order valence-electron chi connectivity index (χ4n) is 3.71. The summed E-state index contributed by atoms with van der Waals surface area (Å²) in [5.74, 6) is -1.09. The van der Waals surface area contributed by atoms with E-state index in [1.54, 1.807) is 6.92 Å². The third-order valence-corrected chi connectivity index (χ3v) is 6.05. The number of hydrogen-bond acceptors (Lipinski definition) is 5. The number of nitrogens with zero attached hydrogens (tertiary/aromatic N) is 2. The molecule has 3 rings (SSSR count). The zero-order chi connectivity index (χ0) is 21.9. The normalized spacial score (nSPS) is 16.7. The molecule has 1 heterocycles. The summed E-state index contributed by atoms with van der Waals surface area (Å²) >= 11 is 0. The first-order valence-corrected chi connectivity index (χ1v) is 10.6. The molecule has 0 bridgehead atoms. The van der Waals surface area contributed by atoms with Crippen LogP contribution in [0.3, 0.4) is 0 Å². The minimum absolute atomic E-state index is 0.0886. The van der Waals surface area contributed by atoms with Crippen molar-refractivity contribution >= 4 is 22.8 Å². The van der Waals surface area contributed by atoms with E-state index in [1.165, 1.54) is 6.92 Å². The van der Waals surface area contributed by atoms with Gasteiger partial charge >= 0.3 is 5.97 Å². The van der Waals surface area contributed by atoms with Crippen LogP contribution in [0.15, 0.2) is 24.3 Å². The quantitative estimate of drug-likeness (QED) is 0.595. The second-order valence-electron chi connectivity index (χ2n) is 8.50. The van der Waals surface area contributed by atoms with Crippen LogP contribution in [0, 0.1) is 17.2 Å². The maximum Gasteiger partial charge on any atom is 0.339 e. The van der Waals surface area contributed by atoms with E-state index in [0.29, 0.717) is 5.56 Å². The highest BCUT2D eigenvalue weighted by Crippen LogP contribution is 2.29. The number of fused-ring (bicyclic) bond motifs is 2. The molecule has 6 heteroatoms. The molecule has 0 saturated carbocycles. The second-order valence-corrected chi connectivity index (χ2v) is 8.50. The molecular formula is C24H29N3O3. The van der Waals surface area contributed by atoms with E-state index in [1.807, 2.05) is 38.1 Å². The Morgan fingerprint density at radius 3 is 2.57 bits per heavy atom. The Hall–Kier alpha value is -2.94. The van der Waals surface area contributed by atoms with Gasteiger partial charge in [0.15, 0.2) is 6.10 Å².